The number of aromatic nitrogens is 2. The second-order valence-electron chi connectivity index (χ2n) is 3.24. The van der Waals surface area contributed by atoms with Gasteiger partial charge in [-0.3, -0.25) is 0 Å². The summed E-state index contributed by atoms with van der Waals surface area (Å²) in [6.45, 7) is -0.742. The molecular formula is C8H9F5N4. The standard InChI is InChI=1S/C8H9F5N4/c1-17(3-5(9)10)6-2-4(8(11,12)13)15-7(14)16-6/h2,5H,3H2,1H3,(H2,14,15,16). The van der Waals surface area contributed by atoms with E-state index < -0.39 is 30.8 Å². The SMILES string of the molecule is CN(CC(F)F)c1cc(C(F)(F)F)nc(N)n1. The molecule has 1 heterocycles. The van der Waals surface area contributed by atoms with Crippen LogP contribution < -0.4 is 10.6 Å². The minimum atomic E-state index is -4.70. The Labute approximate surface area is 93.3 Å². The molecule has 96 valence electrons. The van der Waals surface area contributed by atoms with Crippen LogP contribution in [0.5, 0.6) is 0 Å². The van der Waals surface area contributed by atoms with E-state index in [9.17, 15) is 22.0 Å². The zero-order valence-corrected chi connectivity index (χ0v) is 8.67. The Morgan fingerprint density at radius 1 is 1.35 bits per heavy atom. The van der Waals surface area contributed by atoms with Gasteiger partial charge in [0.25, 0.3) is 6.43 Å². The summed E-state index contributed by atoms with van der Waals surface area (Å²) in [6, 6.07) is 0.568. The van der Waals surface area contributed by atoms with E-state index in [1.54, 1.807) is 0 Å². The molecule has 0 amide bonds. The molecule has 1 aromatic heterocycles. The van der Waals surface area contributed by atoms with Gasteiger partial charge in [0, 0.05) is 13.1 Å². The summed E-state index contributed by atoms with van der Waals surface area (Å²) in [4.78, 5) is 7.33. The van der Waals surface area contributed by atoms with Gasteiger partial charge in [-0.1, -0.05) is 0 Å². The van der Waals surface area contributed by atoms with Crippen LogP contribution in [0.15, 0.2) is 6.07 Å². The van der Waals surface area contributed by atoms with E-state index in [1.807, 2.05) is 0 Å². The summed E-state index contributed by atoms with van der Waals surface area (Å²) in [5.41, 5.74) is 3.83. The van der Waals surface area contributed by atoms with Crippen LogP contribution in [-0.4, -0.2) is 30.0 Å². The van der Waals surface area contributed by atoms with Crippen LogP contribution in [-0.2, 0) is 6.18 Å². The first-order valence-corrected chi connectivity index (χ1v) is 4.41. The quantitative estimate of drug-likeness (QED) is 0.837. The first-order chi connectivity index (χ1) is 7.70. The van der Waals surface area contributed by atoms with Crippen LogP contribution >= 0.6 is 0 Å². The number of rotatable bonds is 3. The second kappa shape index (κ2) is 4.68. The Kier molecular flexibility index (Phi) is 3.69. The van der Waals surface area contributed by atoms with Gasteiger partial charge in [0.15, 0.2) is 5.69 Å². The first kappa shape index (κ1) is 13.4. The summed E-state index contributed by atoms with van der Waals surface area (Å²) in [5, 5.41) is 0. The van der Waals surface area contributed by atoms with Crippen molar-refractivity contribution in [2.75, 3.05) is 24.2 Å². The van der Waals surface area contributed by atoms with E-state index in [1.165, 1.54) is 7.05 Å². The van der Waals surface area contributed by atoms with Crippen molar-refractivity contribution in [3.8, 4) is 0 Å². The fourth-order valence-electron chi connectivity index (χ4n) is 1.09. The van der Waals surface area contributed by atoms with Crippen LogP contribution in [0.3, 0.4) is 0 Å². The maximum absolute atomic E-state index is 12.4. The number of hydrogen-bond acceptors (Lipinski definition) is 4. The largest absolute Gasteiger partial charge is 0.433 e. The zero-order chi connectivity index (χ0) is 13.2. The van der Waals surface area contributed by atoms with Crippen molar-refractivity contribution < 1.29 is 22.0 Å². The molecule has 9 heteroatoms. The lowest BCUT2D eigenvalue weighted by molar-refractivity contribution is -0.141. The molecule has 0 aromatic carbocycles. The van der Waals surface area contributed by atoms with Crippen molar-refractivity contribution in [1.29, 1.82) is 0 Å². The Morgan fingerprint density at radius 2 is 1.94 bits per heavy atom. The molecule has 4 nitrogen and oxygen atoms in total. The molecule has 0 aliphatic rings. The molecule has 0 atom stereocenters. The fraction of sp³-hybridized carbons (Fsp3) is 0.500. The van der Waals surface area contributed by atoms with Crippen LogP contribution in [0, 0.1) is 0 Å². The molecule has 0 saturated carbocycles. The van der Waals surface area contributed by atoms with Gasteiger partial charge in [-0.15, -0.1) is 0 Å². The Hall–Kier alpha value is -1.67. The highest BCUT2D eigenvalue weighted by atomic mass is 19.4. The second-order valence-corrected chi connectivity index (χ2v) is 3.24. The van der Waals surface area contributed by atoms with Gasteiger partial charge in [0.1, 0.15) is 5.82 Å². The number of halogens is 5. The molecule has 0 bridgehead atoms. The molecule has 0 spiro atoms. The third-order valence-electron chi connectivity index (χ3n) is 1.82. The van der Waals surface area contributed by atoms with Gasteiger partial charge in [-0.2, -0.15) is 18.2 Å². The minimum Gasteiger partial charge on any atom is -0.368 e. The highest BCUT2D eigenvalue weighted by Crippen LogP contribution is 2.29. The average molecular weight is 256 g/mol. The number of nitrogens with zero attached hydrogens (tertiary/aromatic N) is 3. The lowest BCUT2D eigenvalue weighted by Crippen LogP contribution is -2.26. The smallest absolute Gasteiger partial charge is 0.368 e. The Balaban J connectivity index is 3.05. The van der Waals surface area contributed by atoms with Crippen molar-refractivity contribution in [3.05, 3.63) is 11.8 Å². The molecule has 0 aliphatic heterocycles. The molecule has 0 unspecified atom stereocenters. The van der Waals surface area contributed by atoms with E-state index >= 15 is 0 Å². The van der Waals surface area contributed by atoms with Crippen molar-refractivity contribution in [3.63, 3.8) is 0 Å². The van der Waals surface area contributed by atoms with Crippen molar-refractivity contribution >= 4 is 11.8 Å². The fourth-order valence-corrected chi connectivity index (χ4v) is 1.09. The summed E-state index contributed by atoms with van der Waals surface area (Å²) < 4.78 is 61.2. The summed E-state index contributed by atoms with van der Waals surface area (Å²) >= 11 is 0. The molecule has 0 radical (unpaired) electrons. The average Bonchev–Trinajstić information content (AvgIpc) is 2.14. The zero-order valence-electron chi connectivity index (χ0n) is 8.67. The maximum atomic E-state index is 12.4. The number of alkyl halides is 5. The van der Waals surface area contributed by atoms with E-state index in [4.69, 9.17) is 5.73 Å². The highest BCUT2D eigenvalue weighted by Gasteiger charge is 2.34. The van der Waals surface area contributed by atoms with E-state index in [0.717, 1.165) is 4.90 Å². The molecule has 17 heavy (non-hydrogen) atoms. The van der Waals surface area contributed by atoms with Gasteiger partial charge in [-0.25, -0.2) is 13.8 Å². The summed E-state index contributed by atoms with van der Waals surface area (Å²) in [7, 11) is 1.19. The summed E-state index contributed by atoms with van der Waals surface area (Å²) in [6.07, 6.45) is -7.39. The first-order valence-electron chi connectivity index (χ1n) is 4.41. The predicted molar refractivity (Wildman–Crippen MR) is 50.7 cm³/mol. The van der Waals surface area contributed by atoms with Crippen molar-refractivity contribution in [1.82, 2.24) is 9.97 Å². The van der Waals surface area contributed by atoms with Gasteiger partial charge < -0.3 is 10.6 Å². The van der Waals surface area contributed by atoms with E-state index in [-0.39, 0.29) is 5.82 Å². The predicted octanol–water partition coefficient (Wildman–Crippen LogP) is 1.78. The number of anilines is 2. The molecule has 0 saturated heterocycles. The Morgan fingerprint density at radius 3 is 2.41 bits per heavy atom. The lowest BCUT2D eigenvalue weighted by atomic mass is 10.3. The number of nitrogens with two attached hydrogens (primary N) is 1. The lowest BCUT2D eigenvalue weighted by Gasteiger charge is -2.18. The molecule has 0 fully saturated rings. The van der Waals surface area contributed by atoms with Gasteiger partial charge in [0.2, 0.25) is 5.95 Å². The van der Waals surface area contributed by atoms with Crippen LogP contribution in [0.25, 0.3) is 0 Å². The normalized spacial score (nSPS) is 11.9. The van der Waals surface area contributed by atoms with Crippen LogP contribution in [0.2, 0.25) is 0 Å². The van der Waals surface area contributed by atoms with Gasteiger partial charge in [-0.05, 0) is 0 Å². The molecule has 1 aromatic rings. The van der Waals surface area contributed by atoms with Crippen molar-refractivity contribution in [2.45, 2.75) is 12.6 Å². The monoisotopic (exact) mass is 256 g/mol. The highest BCUT2D eigenvalue weighted by molar-refractivity contribution is 5.43. The molecular weight excluding hydrogens is 247 g/mol. The third kappa shape index (κ3) is 3.68. The topological polar surface area (TPSA) is 55.0 Å². The molecule has 2 N–H and O–H groups in total. The van der Waals surface area contributed by atoms with Gasteiger partial charge >= 0.3 is 6.18 Å². The van der Waals surface area contributed by atoms with E-state index in [2.05, 4.69) is 9.97 Å². The Bertz CT molecular complexity index is 392. The van der Waals surface area contributed by atoms with Crippen LogP contribution in [0.1, 0.15) is 5.69 Å². The van der Waals surface area contributed by atoms with Gasteiger partial charge in [0.05, 0.1) is 6.54 Å². The number of nitrogen functional groups attached to an aromatic ring is 1. The third-order valence-corrected chi connectivity index (χ3v) is 1.82. The maximum Gasteiger partial charge on any atom is 0.433 e. The number of hydrogen-bond donors (Lipinski definition) is 1. The van der Waals surface area contributed by atoms with Crippen LogP contribution in [0.4, 0.5) is 33.7 Å². The minimum absolute atomic E-state index is 0.301. The van der Waals surface area contributed by atoms with Crippen molar-refractivity contribution in [2.24, 2.45) is 0 Å². The molecule has 1 rings (SSSR count). The van der Waals surface area contributed by atoms with E-state index in [0.29, 0.717) is 6.07 Å². The summed E-state index contributed by atoms with van der Waals surface area (Å²) in [5.74, 6) is -0.916. The molecule has 0 aliphatic carbocycles.